The lowest BCUT2D eigenvalue weighted by molar-refractivity contribution is -0.117. The van der Waals surface area contributed by atoms with Gasteiger partial charge in [-0.2, -0.15) is 0 Å². The fraction of sp³-hybridized carbons (Fsp3) is 0.364. The Kier molecular flexibility index (Phi) is 5.21. The lowest BCUT2D eigenvalue weighted by Crippen LogP contribution is -2.40. The highest BCUT2D eigenvalue weighted by molar-refractivity contribution is 6.04. The number of benzene rings is 2. The molecule has 27 heavy (non-hydrogen) atoms. The van der Waals surface area contributed by atoms with Gasteiger partial charge in [0.25, 0.3) is 5.91 Å². The Morgan fingerprint density at radius 2 is 1.67 bits per heavy atom. The number of hydrogen-bond acceptors (Lipinski definition) is 3. The maximum absolute atomic E-state index is 12.8. The van der Waals surface area contributed by atoms with E-state index in [2.05, 4.69) is 22.8 Å². The zero-order chi connectivity index (χ0) is 18.6. The molecule has 1 saturated carbocycles. The summed E-state index contributed by atoms with van der Waals surface area (Å²) in [7, 11) is 0. The standard InChI is InChI=1S/C22H24N2O3/c25-21(16-10-11-16)24-19-9-5-4-8-18(19)22(26)23-17-12-13-27-20(14-17)15-6-2-1-3-7-15/h1-9,16-17,20H,10-14H2,(H,23,26)(H,24,25). The highest BCUT2D eigenvalue weighted by Gasteiger charge is 2.30. The van der Waals surface area contributed by atoms with Gasteiger partial charge in [0.05, 0.1) is 17.4 Å². The van der Waals surface area contributed by atoms with E-state index in [4.69, 9.17) is 4.74 Å². The molecule has 1 aliphatic carbocycles. The van der Waals surface area contributed by atoms with Gasteiger partial charge in [-0.15, -0.1) is 0 Å². The van der Waals surface area contributed by atoms with Crippen LogP contribution in [-0.2, 0) is 9.53 Å². The Morgan fingerprint density at radius 1 is 0.926 bits per heavy atom. The number of carbonyl (C=O) groups excluding carboxylic acids is 2. The lowest BCUT2D eigenvalue weighted by Gasteiger charge is -2.30. The van der Waals surface area contributed by atoms with E-state index in [1.54, 1.807) is 12.1 Å². The molecule has 1 saturated heterocycles. The lowest BCUT2D eigenvalue weighted by atomic mass is 9.97. The van der Waals surface area contributed by atoms with E-state index in [0.717, 1.165) is 31.2 Å². The summed E-state index contributed by atoms with van der Waals surface area (Å²) in [6, 6.07) is 17.3. The molecule has 2 aromatic carbocycles. The minimum absolute atomic E-state index is 0.00457. The first-order valence-electron chi connectivity index (χ1n) is 9.58. The summed E-state index contributed by atoms with van der Waals surface area (Å²) in [6.45, 7) is 0.616. The molecule has 2 unspecified atom stereocenters. The highest BCUT2D eigenvalue weighted by atomic mass is 16.5. The molecule has 0 bridgehead atoms. The number of amides is 2. The van der Waals surface area contributed by atoms with Crippen molar-refractivity contribution < 1.29 is 14.3 Å². The molecule has 140 valence electrons. The molecule has 0 spiro atoms. The van der Waals surface area contributed by atoms with Crippen LogP contribution in [0.15, 0.2) is 54.6 Å². The normalized spacial score (nSPS) is 22.1. The van der Waals surface area contributed by atoms with Crippen LogP contribution in [0, 0.1) is 5.92 Å². The summed E-state index contributed by atoms with van der Waals surface area (Å²) >= 11 is 0. The maximum atomic E-state index is 12.8. The van der Waals surface area contributed by atoms with Crippen molar-refractivity contribution in [1.82, 2.24) is 5.32 Å². The second kappa shape index (κ2) is 7.92. The Morgan fingerprint density at radius 3 is 2.44 bits per heavy atom. The number of ether oxygens (including phenoxy) is 1. The smallest absolute Gasteiger partial charge is 0.253 e. The minimum atomic E-state index is -0.152. The molecule has 5 heteroatoms. The van der Waals surface area contributed by atoms with Crippen LogP contribution in [0.3, 0.4) is 0 Å². The topological polar surface area (TPSA) is 67.4 Å². The number of rotatable bonds is 5. The fourth-order valence-corrected chi connectivity index (χ4v) is 3.46. The zero-order valence-electron chi connectivity index (χ0n) is 15.2. The number of hydrogen-bond donors (Lipinski definition) is 2. The van der Waals surface area contributed by atoms with Gasteiger partial charge < -0.3 is 15.4 Å². The first-order chi connectivity index (χ1) is 13.2. The summed E-state index contributed by atoms with van der Waals surface area (Å²) in [5.74, 6) is -0.0471. The summed E-state index contributed by atoms with van der Waals surface area (Å²) in [5.41, 5.74) is 2.22. The summed E-state index contributed by atoms with van der Waals surface area (Å²) in [6.07, 6.45) is 3.39. The molecular weight excluding hydrogens is 340 g/mol. The van der Waals surface area contributed by atoms with Gasteiger partial charge in [0.15, 0.2) is 0 Å². The van der Waals surface area contributed by atoms with Crippen LogP contribution in [0.2, 0.25) is 0 Å². The zero-order valence-corrected chi connectivity index (χ0v) is 15.2. The van der Waals surface area contributed by atoms with Crippen molar-refractivity contribution in [1.29, 1.82) is 0 Å². The number of para-hydroxylation sites is 1. The second-order valence-electron chi connectivity index (χ2n) is 7.27. The Bertz CT molecular complexity index is 817. The molecule has 2 aliphatic rings. The maximum Gasteiger partial charge on any atom is 0.253 e. The molecule has 0 radical (unpaired) electrons. The predicted octanol–water partition coefficient (Wildman–Crippen LogP) is 3.69. The van der Waals surface area contributed by atoms with Gasteiger partial charge in [0, 0.05) is 18.6 Å². The minimum Gasteiger partial charge on any atom is -0.373 e. The van der Waals surface area contributed by atoms with Gasteiger partial charge in [-0.25, -0.2) is 0 Å². The van der Waals surface area contributed by atoms with Gasteiger partial charge in [0.1, 0.15) is 0 Å². The second-order valence-corrected chi connectivity index (χ2v) is 7.27. The van der Waals surface area contributed by atoms with E-state index in [1.807, 2.05) is 30.3 Å². The van der Waals surface area contributed by atoms with E-state index in [-0.39, 0.29) is 29.9 Å². The van der Waals surface area contributed by atoms with Crippen molar-refractivity contribution in [2.24, 2.45) is 5.92 Å². The van der Waals surface area contributed by atoms with Crippen LogP contribution >= 0.6 is 0 Å². The third-order valence-electron chi connectivity index (χ3n) is 5.17. The van der Waals surface area contributed by atoms with Crippen molar-refractivity contribution in [3.8, 4) is 0 Å². The van der Waals surface area contributed by atoms with Crippen LogP contribution < -0.4 is 10.6 Å². The number of anilines is 1. The molecule has 2 amide bonds. The molecule has 4 rings (SSSR count). The molecule has 1 aliphatic heterocycles. The molecular formula is C22H24N2O3. The third-order valence-corrected chi connectivity index (χ3v) is 5.17. The van der Waals surface area contributed by atoms with Crippen LogP contribution in [0.25, 0.3) is 0 Å². The SMILES string of the molecule is O=C(NC1CCOC(c2ccccc2)C1)c1ccccc1NC(=O)C1CC1. The van der Waals surface area contributed by atoms with Gasteiger partial charge in [-0.1, -0.05) is 42.5 Å². The quantitative estimate of drug-likeness (QED) is 0.850. The van der Waals surface area contributed by atoms with Crippen LogP contribution in [0.1, 0.15) is 47.7 Å². The van der Waals surface area contributed by atoms with Crippen molar-refractivity contribution in [2.45, 2.75) is 37.8 Å². The fourth-order valence-electron chi connectivity index (χ4n) is 3.46. The highest BCUT2D eigenvalue weighted by Crippen LogP contribution is 2.31. The van der Waals surface area contributed by atoms with E-state index < -0.39 is 0 Å². The van der Waals surface area contributed by atoms with Crippen LogP contribution in [-0.4, -0.2) is 24.5 Å². The van der Waals surface area contributed by atoms with Crippen LogP contribution in [0.4, 0.5) is 5.69 Å². The Balaban J connectivity index is 1.42. The van der Waals surface area contributed by atoms with Gasteiger partial charge in [0.2, 0.25) is 5.91 Å². The Hall–Kier alpha value is -2.66. The third kappa shape index (κ3) is 4.37. The molecule has 1 heterocycles. The largest absolute Gasteiger partial charge is 0.373 e. The average molecular weight is 364 g/mol. The summed E-state index contributed by atoms with van der Waals surface area (Å²) in [5, 5.41) is 6.02. The van der Waals surface area contributed by atoms with E-state index in [1.165, 1.54) is 0 Å². The summed E-state index contributed by atoms with van der Waals surface area (Å²) in [4.78, 5) is 24.9. The van der Waals surface area contributed by atoms with Gasteiger partial charge in [-0.3, -0.25) is 9.59 Å². The number of carbonyl (C=O) groups is 2. The molecule has 2 aromatic rings. The number of nitrogens with one attached hydrogen (secondary N) is 2. The molecule has 5 nitrogen and oxygen atoms in total. The first kappa shape index (κ1) is 17.7. The molecule has 2 N–H and O–H groups in total. The van der Waals surface area contributed by atoms with Gasteiger partial charge >= 0.3 is 0 Å². The van der Waals surface area contributed by atoms with Gasteiger partial charge in [-0.05, 0) is 43.4 Å². The van der Waals surface area contributed by atoms with E-state index >= 15 is 0 Å². The van der Waals surface area contributed by atoms with Crippen molar-refractivity contribution in [2.75, 3.05) is 11.9 Å². The summed E-state index contributed by atoms with van der Waals surface area (Å²) < 4.78 is 5.88. The monoisotopic (exact) mass is 364 g/mol. The predicted molar refractivity (Wildman–Crippen MR) is 103 cm³/mol. The van der Waals surface area contributed by atoms with Crippen LogP contribution in [0.5, 0.6) is 0 Å². The molecule has 0 aromatic heterocycles. The van der Waals surface area contributed by atoms with E-state index in [9.17, 15) is 9.59 Å². The molecule has 2 atom stereocenters. The van der Waals surface area contributed by atoms with Crippen molar-refractivity contribution in [3.05, 3.63) is 65.7 Å². The molecule has 2 fully saturated rings. The van der Waals surface area contributed by atoms with Crippen molar-refractivity contribution in [3.63, 3.8) is 0 Å². The Labute approximate surface area is 159 Å². The average Bonchev–Trinajstić information content (AvgIpc) is 3.55. The first-order valence-corrected chi connectivity index (χ1v) is 9.58. The van der Waals surface area contributed by atoms with E-state index in [0.29, 0.717) is 17.9 Å². The van der Waals surface area contributed by atoms with Crippen molar-refractivity contribution >= 4 is 17.5 Å².